The highest BCUT2D eigenvalue weighted by atomic mass is 32.1. The average molecular weight is 504 g/mol. The summed E-state index contributed by atoms with van der Waals surface area (Å²) in [4.78, 5) is 27.8. The van der Waals surface area contributed by atoms with E-state index in [1.807, 2.05) is 54.6 Å². The summed E-state index contributed by atoms with van der Waals surface area (Å²) in [6, 6.07) is 15.8. The molecule has 1 atom stereocenters. The number of anilines is 1. The van der Waals surface area contributed by atoms with Crippen LogP contribution in [0.5, 0.6) is 5.75 Å². The summed E-state index contributed by atoms with van der Waals surface area (Å²) in [5, 5.41) is 19.9. The van der Waals surface area contributed by atoms with Gasteiger partial charge in [0.25, 0.3) is 5.91 Å². The molecule has 8 heteroatoms. The first-order chi connectivity index (χ1) is 17.5. The molecule has 1 unspecified atom stereocenters. The van der Waals surface area contributed by atoms with Crippen LogP contribution in [-0.2, 0) is 9.59 Å². The molecule has 36 heavy (non-hydrogen) atoms. The predicted molar refractivity (Wildman–Crippen MR) is 141 cm³/mol. The number of carbonyl (C=O) groups excluding carboxylic acids is 2. The first-order valence-electron chi connectivity index (χ1n) is 12.1. The molecule has 1 aliphatic rings. The van der Waals surface area contributed by atoms with Crippen LogP contribution in [0.15, 0.2) is 72.0 Å². The molecule has 1 N–H and O–H groups in total. The van der Waals surface area contributed by atoms with Gasteiger partial charge in [-0.05, 0) is 42.7 Å². The van der Waals surface area contributed by atoms with E-state index in [9.17, 15) is 14.7 Å². The Labute approximate surface area is 214 Å². The quantitative estimate of drug-likeness (QED) is 0.255. The number of aliphatic hydroxyl groups is 1. The number of unbranched alkanes of at least 4 members (excludes halogenated alkanes) is 3. The number of hydrogen-bond donors (Lipinski definition) is 1. The smallest absolute Gasteiger partial charge is 0.296 e. The van der Waals surface area contributed by atoms with Gasteiger partial charge in [0.15, 0.2) is 11.5 Å². The third-order valence-electron chi connectivity index (χ3n) is 5.88. The van der Waals surface area contributed by atoms with Gasteiger partial charge in [0.05, 0.1) is 18.2 Å². The van der Waals surface area contributed by atoms with E-state index in [1.165, 1.54) is 35.2 Å². The molecule has 2 aromatic carbocycles. The fourth-order valence-electron chi connectivity index (χ4n) is 4.04. The molecular formula is C28H29N3O4S. The molecule has 1 aliphatic heterocycles. The van der Waals surface area contributed by atoms with Crippen LogP contribution >= 0.6 is 11.3 Å². The molecule has 0 aliphatic carbocycles. The lowest BCUT2D eigenvalue weighted by atomic mass is 9.95. The summed E-state index contributed by atoms with van der Waals surface area (Å²) in [7, 11) is 0. The molecule has 7 nitrogen and oxygen atoms in total. The van der Waals surface area contributed by atoms with E-state index in [0.717, 1.165) is 18.4 Å². The molecule has 0 radical (unpaired) electrons. The standard InChI is InChI=1S/C28H29N3O4S/c1-3-4-5-9-18-35-22-15-13-21(14-16-22)25-24(23(32)17-12-20-10-7-6-8-11-20)26(33)27(34)31(25)28-30-29-19(2)36-28/h6-8,10-17,25,33H,3-5,9,18H2,1-2H3/b17-12+. The summed E-state index contributed by atoms with van der Waals surface area (Å²) in [6.07, 6.45) is 7.51. The van der Waals surface area contributed by atoms with Crippen molar-refractivity contribution in [1.82, 2.24) is 10.2 Å². The summed E-state index contributed by atoms with van der Waals surface area (Å²) < 4.78 is 5.85. The zero-order chi connectivity index (χ0) is 25.5. The maximum absolute atomic E-state index is 13.3. The lowest BCUT2D eigenvalue weighted by Gasteiger charge is -2.24. The second-order valence-corrected chi connectivity index (χ2v) is 9.69. The van der Waals surface area contributed by atoms with Gasteiger partial charge in [-0.1, -0.05) is 86.1 Å². The summed E-state index contributed by atoms with van der Waals surface area (Å²) in [5.41, 5.74) is 1.51. The van der Waals surface area contributed by atoms with E-state index in [4.69, 9.17) is 4.74 Å². The number of allylic oxidation sites excluding steroid dienone is 1. The number of hydrogen-bond acceptors (Lipinski definition) is 7. The lowest BCUT2D eigenvalue weighted by Crippen LogP contribution is -2.30. The molecule has 2 heterocycles. The maximum atomic E-state index is 13.3. The Balaban J connectivity index is 1.62. The number of ketones is 1. The zero-order valence-electron chi connectivity index (χ0n) is 20.4. The van der Waals surface area contributed by atoms with Gasteiger partial charge >= 0.3 is 0 Å². The Morgan fingerprint density at radius 1 is 1.08 bits per heavy atom. The van der Waals surface area contributed by atoms with Crippen LogP contribution in [0, 0.1) is 6.92 Å². The highest BCUT2D eigenvalue weighted by Gasteiger charge is 2.45. The topological polar surface area (TPSA) is 92.6 Å². The van der Waals surface area contributed by atoms with Crippen molar-refractivity contribution in [2.45, 2.75) is 45.6 Å². The van der Waals surface area contributed by atoms with Crippen molar-refractivity contribution < 1.29 is 19.4 Å². The van der Waals surface area contributed by atoms with E-state index in [-0.39, 0.29) is 5.57 Å². The minimum absolute atomic E-state index is 0.00766. The Hall–Kier alpha value is -3.78. The molecule has 1 aromatic heterocycles. The molecule has 0 saturated heterocycles. The summed E-state index contributed by atoms with van der Waals surface area (Å²) in [5.74, 6) is -0.992. The second-order valence-electron chi connectivity index (χ2n) is 8.53. The number of rotatable bonds is 11. The first kappa shape index (κ1) is 25.3. The Morgan fingerprint density at radius 3 is 2.50 bits per heavy atom. The molecule has 0 bridgehead atoms. The van der Waals surface area contributed by atoms with Crippen LogP contribution in [0.3, 0.4) is 0 Å². The van der Waals surface area contributed by atoms with Crippen molar-refractivity contribution in [3.8, 4) is 5.75 Å². The SMILES string of the molecule is CCCCCCOc1ccc(C2C(C(=O)/C=C/c3ccccc3)=C(O)C(=O)N2c2nnc(C)s2)cc1. The molecule has 0 saturated carbocycles. The van der Waals surface area contributed by atoms with Gasteiger partial charge in [0.1, 0.15) is 10.8 Å². The van der Waals surface area contributed by atoms with E-state index in [0.29, 0.717) is 28.1 Å². The van der Waals surface area contributed by atoms with Crippen LogP contribution in [0.2, 0.25) is 0 Å². The monoisotopic (exact) mass is 503 g/mol. The lowest BCUT2D eigenvalue weighted by molar-refractivity contribution is -0.117. The fraction of sp³-hybridized carbons (Fsp3) is 0.286. The molecule has 0 fully saturated rings. The Kier molecular flexibility index (Phi) is 8.28. The number of aromatic nitrogens is 2. The predicted octanol–water partition coefficient (Wildman–Crippen LogP) is 5.99. The van der Waals surface area contributed by atoms with Gasteiger partial charge in [0, 0.05) is 0 Å². The van der Waals surface area contributed by atoms with Crippen molar-refractivity contribution in [1.29, 1.82) is 0 Å². The molecular weight excluding hydrogens is 474 g/mol. The van der Waals surface area contributed by atoms with Crippen molar-refractivity contribution in [2.24, 2.45) is 0 Å². The van der Waals surface area contributed by atoms with E-state index in [2.05, 4.69) is 17.1 Å². The average Bonchev–Trinajstić information content (AvgIpc) is 3.43. The number of aliphatic hydroxyl groups excluding tert-OH is 1. The maximum Gasteiger partial charge on any atom is 0.296 e. The third-order valence-corrected chi connectivity index (χ3v) is 6.72. The molecule has 4 rings (SSSR count). The molecule has 1 amide bonds. The van der Waals surface area contributed by atoms with E-state index >= 15 is 0 Å². The van der Waals surface area contributed by atoms with E-state index < -0.39 is 23.5 Å². The molecule has 3 aromatic rings. The first-order valence-corrected chi connectivity index (χ1v) is 12.9. The number of aryl methyl sites for hydroxylation is 1. The minimum atomic E-state index is -0.837. The minimum Gasteiger partial charge on any atom is -0.503 e. The number of amides is 1. The van der Waals surface area contributed by atoms with Gasteiger partial charge in [-0.25, -0.2) is 0 Å². The van der Waals surface area contributed by atoms with Gasteiger partial charge in [0.2, 0.25) is 5.13 Å². The van der Waals surface area contributed by atoms with Crippen LogP contribution in [0.1, 0.15) is 54.8 Å². The van der Waals surface area contributed by atoms with Crippen LogP contribution in [0.4, 0.5) is 5.13 Å². The van der Waals surface area contributed by atoms with Gasteiger partial charge in [-0.2, -0.15) is 0 Å². The van der Waals surface area contributed by atoms with Crippen molar-refractivity contribution in [3.05, 3.63) is 88.1 Å². The summed E-state index contributed by atoms with van der Waals surface area (Å²) in [6.45, 7) is 4.58. The number of benzene rings is 2. The second kappa shape index (κ2) is 11.8. The van der Waals surface area contributed by atoms with Crippen molar-refractivity contribution in [3.63, 3.8) is 0 Å². The fourth-order valence-corrected chi connectivity index (χ4v) is 4.76. The molecule has 186 valence electrons. The van der Waals surface area contributed by atoms with Gasteiger partial charge < -0.3 is 9.84 Å². The number of nitrogens with zero attached hydrogens (tertiary/aromatic N) is 3. The van der Waals surface area contributed by atoms with Crippen molar-refractivity contribution >= 4 is 34.2 Å². The molecule has 0 spiro atoms. The normalized spacial score (nSPS) is 15.8. The van der Waals surface area contributed by atoms with E-state index in [1.54, 1.807) is 13.0 Å². The third kappa shape index (κ3) is 5.71. The highest BCUT2D eigenvalue weighted by molar-refractivity contribution is 7.15. The van der Waals surface area contributed by atoms with Crippen LogP contribution in [-0.4, -0.2) is 33.6 Å². The summed E-state index contributed by atoms with van der Waals surface area (Å²) >= 11 is 1.22. The zero-order valence-corrected chi connectivity index (χ0v) is 21.2. The van der Waals surface area contributed by atoms with Crippen molar-refractivity contribution in [2.75, 3.05) is 11.5 Å². The number of ether oxygens (including phenoxy) is 1. The Morgan fingerprint density at radius 2 is 1.83 bits per heavy atom. The largest absolute Gasteiger partial charge is 0.503 e. The van der Waals surface area contributed by atoms with Crippen LogP contribution in [0.25, 0.3) is 6.08 Å². The van der Waals surface area contributed by atoms with Crippen LogP contribution < -0.4 is 9.64 Å². The Bertz CT molecular complexity index is 1270. The van der Waals surface area contributed by atoms with Gasteiger partial charge in [-0.15, -0.1) is 10.2 Å². The number of carbonyl (C=O) groups is 2. The van der Waals surface area contributed by atoms with Gasteiger partial charge in [-0.3, -0.25) is 14.5 Å². The highest BCUT2D eigenvalue weighted by Crippen LogP contribution is 2.42.